The molecule has 1 saturated heterocycles. The molecular formula is C17H22N4O3. The molecule has 1 aliphatic rings. The van der Waals surface area contributed by atoms with Gasteiger partial charge in [-0.25, -0.2) is 4.98 Å². The predicted molar refractivity (Wildman–Crippen MR) is 87.2 cm³/mol. The number of aromatic amines is 1. The van der Waals surface area contributed by atoms with E-state index in [9.17, 15) is 15.0 Å². The summed E-state index contributed by atoms with van der Waals surface area (Å²) in [4.78, 5) is 18.2. The summed E-state index contributed by atoms with van der Waals surface area (Å²) in [5.41, 5.74) is -0.218. The van der Waals surface area contributed by atoms with Crippen molar-refractivity contribution in [1.82, 2.24) is 20.1 Å². The van der Waals surface area contributed by atoms with Crippen molar-refractivity contribution in [2.75, 3.05) is 13.1 Å². The number of aliphatic hydroxyl groups is 1. The van der Waals surface area contributed by atoms with Gasteiger partial charge in [-0.1, -0.05) is 30.3 Å². The number of aromatic nitrogens is 3. The third-order valence-corrected chi connectivity index (χ3v) is 4.74. The number of carboxylic acid groups (broad SMARTS) is 1. The van der Waals surface area contributed by atoms with E-state index in [2.05, 4.69) is 15.2 Å². The molecule has 0 unspecified atom stereocenters. The lowest BCUT2D eigenvalue weighted by Gasteiger charge is -2.42. The molecule has 7 heteroatoms. The number of H-pyrrole nitrogens is 1. The van der Waals surface area contributed by atoms with E-state index in [1.807, 2.05) is 42.2 Å². The zero-order valence-corrected chi connectivity index (χ0v) is 13.6. The molecule has 3 rings (SSSR count). The van der Waals surface area contributed by atoms with Gasteiger partial charge in [0.25, 0.3) is 0 Å². The van der Waals surface area contributed by atoms with Gasteiger partial charge in [0, 0.05) is 6.54 Å². The molecule has 1 aromatic carbocycles. The second-order valence-electron chi connectivity index (χ2n) is 6.46. The van der Waals surface area contributed by atoms with Crippen LogP contribution in [0.3, 0.4) is 0 Å². The molecule has 0 bridgehead atoms. The highest BCUT2D eigenvalue weighted by atomic mass is 16.4. The van der Waals surface area contributed by atoms with Crippen LogP contribution in [0.5, 0.6) is 0 Å². The molecule has 7 nitrogen and oxygen atoms in total. The predicted octanol–water partition coefficient (Wildman–Crippen LogP) is 0.993. The number of β-amino-alcohol motifs (C(OH)–C–C–N with tert-alkyl or cyclic N) is 1. The van der Waals surface area contributed by atoms with Crippen LogP contribution in [0.25, 0.3) is 0 Å². The number of nitrogens with one attached hydrogen (secondary N) is 1. The minimum Gasteiger partial charge on any atom is -0.481 e. The van der Waals surface area contributed by atoms with Gasteiger partial charge in [-0.05, 0) is 31.9 Å². The number of nitrogens with zero attached hydrogens (tertiary/aromatic N) is 3. The minimum absolute atomic E-state index is 0.298. The number of carbonyl (C=O) groups is 1. The summed E-state index contributed by atoms with van der Waals surface area (Å²) >= 11 is 0. The molecule has 0 radical (unpaired) electrons. The fraction of sp³-hybridized carbons (Fsp3) is 0.471. The van der Waals surface area contributed by atoms with Crippen molar-refractivity contribution < 1.29 is 15.0 Å². The van der Waals surface area contributed by atoms with Crippen LogP contribution in [-0.2, 0) is 17.8 Å². The Balaban J connectivity index is 1.72. The number of rotatable bonds is 5. The molecule has 0 aliphatic carbocycles. The Kier molecular flexibility index (Phi) is 4.64. The molecule has 128 valence electrons. The van der Waals surface area contributed by atoms with E-state index < -0.39 is 17.5 Å². The molecule has 2 atom stereocenters. The first kappa shape index (κ1) is 16.6. The van der Waals surface area contributed by atoms with Crippen LogP contribution in [0, 0.1) is 12.3 Å². The standard InChI is InChI=1S/C17H22N4O3/c1-12-18-15(20-19-12)11-21-8-7-17(16(23)24,14(22)10-21)9-13-5-3-2-4-6-13/h2-6,14,22H,7-11H2,1H3,(H,23,24)(H,18,19,20)/t14-,17+/m0/s1. The Hall–Kier alpha value is -2.25. The second kappa shape index (κ2) is 6.70. The van der Waals surface area contributed by atoms with Gasteiger partial charge >= 0.3 is 5.97 Å². The molecule has 2 heterocycles. The Morgan fingerprint density at radius 2 is 2.17 bits per heavy atom. The number of piperidine rings is 1. The number of hydrogen-bond acceptors (Lipinski definition) is 5. The summed E-state index contributed by atoms with van der Waals surface area (Å²) < 4.78 is 0. The van der Waals surface area contributed by atoms with Gasteiger partial charge in [0.2, 0.25) is 0 Å². The van der Waals surface area contributed by atoms with Crippen molar-refractivity contribution in [3.63, 3.8) is 0 Å². The van der Waals surface area contributed by atoms with E-state index in [1.165, 1.54) is 0 Å². The van der Waals surface area contributed by atoms with Crippen LogP contribution in [0.4, 0.5) is 0 Å². The third-order valence-electron chi connectivity index (χ3n) is 4.74. The first-order valence-electron chi connectivity index (χ1n) is 8.05. The van der Waals surface area contributed by atoms with E-state index >= 15 is 0 Å². The lowest BCUT2D eigenvalue weighted by Crippen LogP contribution is -2.55. The SMILES string of the molecule is Cc1nc(CN2CC[C@](Cc3ccccc3)(C(=O)O)[C@@H](O)C2)n[nH]1. The largest absolute Gasteiger partial charge is 0.481 e. The molecule has 24 heavy (non-hydrogen) atoms. The maximum atomic E-state index is 12.0. The average Bonchev–Trinajstić information content (AvgIpc) is 2.96. The van der Waals surface area contributed by atoms with Crippen molar-refractivity contribution in [2.45, 2.75) is 32.4 Å². The summed E-state index contributed by atoms with van der Waals surface area (Å²) in [6.45, 7) is 3.22. The summed E-state index contributed by atoms with van der Waals surface area (Å²) in [7, 11) is 0. The fourth-order valence-electron chi connectivity index (χ4n) is 3.33. The summed E-state index contributed by atoms with van der Waals surface area (Å²) in [5.74, 6) is 0.462. The van der Waals surface area contributed by atoms with Crippen molar-refractivity contribution in [3.8, 4) is 0 Å². The maximum Gasteiger partial charge on any atom is 0.312 e. The summed E-state index contributed by atoms with van der Waals surface area (Å²) in [6.07, 6.45) is -0.219. The van der Waals surface area contributed by atoms with Gasteiger partial charge in [0.05, 0.1) is 12.6 Å². The van der Waals surface area contributed by atoms with E-state index in [0.29, 0.717) is 38.3 Å². The Labute approximate surface area is 140 Å². The van der Waals surface area contributed by atoms with Gasteiger partial charge in [-0.2, -0.15) is 5.10 Å². The normalized spacial score (nSPS) is 24.8. The Bertz CT molecular complexity index is 703. The third kappa shape index (κ3) is 3.32. The molecule has 1 aromatic heterocycles. The smallest absolute Gasteiger partial charge is 0.312 e. The zero-order chi connectivity index (χ0) is 17.2. The minimum atomic E-state index is -1.15. The van der Waals surface area contributed by atoms with Gasteiger partial charge in [0.15, 0.2) is 5.82 Å². The lowest BCUT2D eigenvalue weighted by molar-refractivity contribution is -0.163. The molecule has 2 aromatic rings. The van der Waals surface area contributed by atoms with Crippen LogP contribution in [-0.4, -0.2) is 55.5 Å². The van der Waals surface area contributed by atoms with Crippen LogP contribution >= 0.6 is 0 Å². The highest BCUT2D eigenvalue weighted by Crippen LogP contribution is 2.36. The van der Waals surface area contributed by atoms with E-state index in [-0.39, 0.29) is 0 Å². The van der Waals surface area contributed by atoms with Crippen molar-refractivity contribution >= 4 is 5.97 Å². The van der Waals surface area contributed by atoms with Crippen LogP contribution < -0.4 is 0 Å². The van der Waals surface area contributed by atoms with Crippen molar-refractivity contribution in [1.29, 1.82) is 0 Å². The van der Waals surface area contributed by atoms with Gasteiger partial charge in [0.1, 0.15) is 11.2 Å². The van der Waals surface area contributed by atoms with Crippen LogP contribution in [0.2, 0.25) is 0 Å². The summed E-state index contributed by atoms with van der Waals surface area (Å²) in [6, 6.07) is 9.48. The van der Waals surface area contributed by atoms with Gasteiger partial charge < -0.3 is 10.2 Å². The highest BCUT2D eigenvalue weighted by molar-refractivity contribution is 5.76. The monoisotopic (exact) mass is 330 g/mol. The highest BCUT2D eigenvalue weighted by Gasteiger charge is 2.48. The molecule has 0 spiro atoms. The first-order chi connectivity index (χ1) is 11.5. The van der Waals surface area contributed by atoms with Crippen molar-refractivity contribution in [3.05, 3.63) is 47.5 Å². The fourth-order valence-corrected chi connectivity index (χ4v) is 3.33. The molecule has 0 saturated carbocycles. The number of aryl methyl sites for hydroxylation is 1. The quantitative estimate of drug-likeness (QED) is 0.756. The number of aliphatic hydroxyl groups excluding tert-OH is 1. The van der Waals surface area contributed by atoms with E-state index in [0.717, 1.165) is 11.4 Å². The van der Waals surface area contributed by atoms with Gasteiger partial charge in [-0.3, -0.25) is 14.8 Å². The maximum absolute atomic E-state index is 12.0. The topological polar surface area (TPSA) is 102 Å². The lowest BCUT2D eigenvalue weighted by atomic mass is 9.71. The van der Waals surface area contributed by atoms with Crippen LogP contribution in [0.1, 0.15) is 23.6 Å². The van der Waals surface area contributed by atoms with Crippen molar-refractivity contribution in [2.24, 2.45) is 5.41 Å². The number of hydrogen-bond donors (Lipinski definition) is 3. The van der Waals surface area contributed by atoms with E-state index in [1.54, 1.807) is 0 Å². The van der Waals surface area contributed by atoms with E-state index in [4.69, 9.17) is 0 Å². The molecular weight excluding hydrogens is 308 g/mol. The molecule has 0 amide bonds. The number of benzene rings is 1. The number of carboxylic acids is 1. The Morgan fingerprint density at radius 3 is 2.75 bits per heavy atom. The first-order valence-corrected chi connectivity index (χ1v) is 8.05. The molecule has 1 aliphatic heterocycles. The van der Waals surface area contributed by atoms with Gasteiger partial charge in [-0.15, -0.1) is 0 Å². The average molecular weight is 330 g/mol. The number of likely N-dealkylation sites (tertiary alicyclic amines) is 1. The second-order valence-corrected chi connectivity index (χ2v) is 6.46. The molecule has 1 fully saturated rings. The number of aliphatic carboxylic acids is 1. The van der Waals surface area contributed by atoms with Crippen LogP contribution in [0.15, 0.2) is 30.3 Å². The zero-order valence-electron chi connectivity index (χ0n) is 13.6. The summed E-state index contributed by atoms with van der Waals surface area (Å²) in [5, 5.41) is 27.3. The molecule has 3 N–H and O–H groups in total. The Morgan fingerprint density at radius 1 is 1.42 bits per heavy atom.